The zero-order valence-electron chi connectivity index (χ0n) is 12.1. The van der Waals surface area contributed by atoms with Gasteiger partial charge in [0.05, 0.1) is 5.56 Å². The first kappa shape index (κ1) is 13.4. The number of hydrogen-bond acceptors (Lipinski definition) is 3. The largest absolute Gasteiger partial charge is 0.478 e. The summed E-state index contributed by atoms with van der Waals surface area (Å²) >= 11 is 0. The van der Waals surface area contributed by atoms with Crippen LogP contribution in [0.4, 0.5) is 5.69 Å². The number of nitrogens with one attached hydrogen (secondary N) is 1. The van der Waals surface area contributed by atoms with Crippen LogP contribution in [0.3, 0.4) is 0 Å². The van der Waals surface area contributed by atoms with E-state index in [0.717, 1.165) is 30.3 Å². The fraction of sp³-hybridized carbons (Fsp3) is 0.562. The van der Waals surface area contributed by atoms with Gasteiger partial charge in [-0.05, 0) is 50.8 Å². The predicted octanol–water partition coefficient (Wildman–Crippen LogP) is 2.73. The fourth-order valence-electron chi connectivity index (χ4n) is 3.21. The smallest absolute Gasteiger partial charge is 0.335 e. The number of carboxylic acid groups (broad SMARTS) is 1. The van der Waals surface area contributed by atoms with Crippen LogP contribution in [0.15, 0.2) is 18.2 Å². The molecule has 1 aliphatic carbocycles. The Morgan fingerprint density at radius 2 is 2.15 bits per heavy atom. The highest BCUT2D eigenvalue weighted by atomic mass is 16.4. The molecule has 0 radical (unpaired) electrons. The van der Waals surface area contributed by atoms with Crippen molar-refractivity contribution in [2.75, 3.05) is 11.9 Å². The van der Waals surface area contributed by atoms with Crippen LogP contribution in [-0.2, 0) is 0 Å². The van der Waals surface area contributed by atoms with Gasteiger partial charge in [-0.2, -0.15) is 0 Å². The molecule has 1 saturated heterocycles. The second kappa shape index (κ2) is 5.09. The molecule has 1 aliphatic heterocycles. The van der Waals surface area contributed by atoms with Crippen molar-refractivity contribution in [3.05, 3.63) is 29.3 Å². The third-order valence-corrected chi connectivity index (χ3v) is 4.48. The molecule has 4 heteroatoms. The molecule has 2 atom stereocenters. The lowest BCUT2D eigenvalue weighted by atomic mass is 10.1. The molecule has 2 unspecified atom stereocenters. The molecule has 2 fully saturated rings. The van der Waals surface area contributed by atoms with E-state index in [-0.39, 0.29) is 0 Å². The van der Waals surface area contributed by atoms with E-state index in [2.05, 4.69) is 17.1 Å². The average Bonchev–Trinajstić information content (AvgIpc) is 3.17. The number of nitrogens with zero attached hydrogens (tertiary/aromatic N) is 1. The van der Waals surface area contributed by atoms with Crippen molar-refractivity contribution in [1.82, 2.24) is 4.90 Å². The van der Waals surface area contributed by atoms with Gasteiger partial charge in [-0.25, -0.2) is 4.79 Å². The summed E-state index contributed by atoms with van der Waals surface area (Å²) < 4.78 is 0. The lowest BCUT2D eigenvalue weighted by molar-refractivity contribution is 0.0697. The van der Waals surface area contributed by atoms with Gasteiger partial charge in [0, 0.05) is 30.4 Å². The summed E-state index contributed by atoms with van der Waals surface area (Å²) in [6.07, 6.45) is 3.81. The van der Waals surface area contributed by atoms with Crippen LogP contribution in [0, 0.1) is 6.92 Å². The Morgan fingerprint density at radius 3 is 2.80 bits per heavy atom. The normalized spacial score (nSPS) is 26.7. The van der Waals surface area contributed by atoms with E-state index < -0.39 is 5.97 Å². The highest BCUT2D eigenvalue weighted by Gasteiger charge is 2.38. The maximum absolute atomic E-state index is 11.1. The van der Waals surface area contributed by atoms with E-state index in [1.165, 1.54) is 12.8 Å². The molecule has 1 heterocycles. The van der Waals surface area contributed by atoms with Crippen LogP contribution in [0.5, 0.6) is 0 Å². The molecule has 1 aromatic carbocycles. The summed E-state index contributed by atoms with van der Waals surface area (Å²) in [6.45, 7) is 5.38. The maximum Gasteiger partial charge on any atom is 0.335 e. The first-order chi connectivity index (χ1) is 9.54. The van der Waals surface area contributed by atoms with E-state index in [4.69, 9.17) is 5.11 Å². The molecule has 0 spiro atoms. The number of carbonyl (C=O) groups is 1. The Balaban J connectivity index is 1.71. The van der Waals surface area contributed by atoms with Crippen molar-refractivity contribution < 1.29 is 9.90 Å². The van der Waals surface area contributed by atoms with Crippen molar-refractivity contribution in [1.29, 1.82) is 0 Å². The molecule has 20 heavy (non-hydrogen) atoms. The minimum absolute atomic E-state index is 0.350. The number of anilines is 1. The molecule has 108 valence electrons. The first-order valence-electron chi connectivity index (χ1n) is 7.41. The molecular weight excluding hydrogens is 252 g/mol. The molecule has 2 aliphatic rings. The van der Waals surface area contributed by atoms with Crippen molar-refractivity contribution in [3.8, 4) is 0 Å². The van der Waals surface area contributed by atoms with Crippen LogP contribution >= 0.6 is 0 Å². The van der Waals surface area contributed by atoms with E-state index in [1.807, 2.05) is 13.0 Å². The van der Waals surface area contributed by atoms with Crippen LogP contribution in [0.1, 0.15) is 42.1 Å². The Bertz CT molecular complexity index is 525. The maximum atomic E-state index is 11.1. The summed E-state index contributed by atoms with van der Waals surface area (Å²) in [5, 5.41) is 12.6. The highest BCUT2D eigenvalue weighted by Crippen LogP contribution is 2.34. The summed E-state index contributed by atoms with van der Waals surface area (Å²) in [4.78, 5) is 13.7. The SMILES string of the molecule is Cc1ccc(C(=O)O)cc1NC1CC(C)N(C2CC2)C1. The first-order valence-corrected chi connectivity index (χ1v) is 7.41. The van der Waals surface area contributed by atoms with Crippen LogP contribution in [0.2, 0.25) is 0 Å². The Morgan fingerprint density at radius 1 is 1.40 bits per heavy atom. The molecular formula is C16H22N2O2. The van der Waals surface area contributed by atoms with E-state index >= 15 is 0 Å². The third-order valence-electron chi connectivity index (χ3n) is 4.48. The Hall–Kier alpha value is -1.55. The summed E-state index contributed by atoms with van der Waals surface area (Å²) in [5.41, 5.74) is 2.41. The standard InChI is InChI=1S/C16H22N2O2/c1-10-3-4-12(16(19)20)8-15(10)17-13-7-11(2)18(9-13)14-5-6-14/h3-4,8,11,13-14,17H,5-7,9H2,1-2H3,(H,19,20). The van der Waals surface area contributed by atoms with Crippen LogP contribution < -0.4 is 5.32 Å². The second-order valence-corrected chi connectivity index (χ2v) is 6.19. The van der Waals surface area contributed by atoms with Crippen molar-refractivity contribution in [2.24, 2.45) is 0 Å². The highest BCUT2D eigenvalue weighted by molar-refractivity contribution is 5.89. The molecule has 4 nitrogen and oxygen atoms in total. The fourth-order valence-corrected chi connectivity index (χ4v) is 3.21. The van der Waals surface area contributed by atoms with Gasteiger partial charge >= 0.3 is 5.97 Å². The van der Waals surface area contributed by atoms with Gasteiger partial charge in [0.25, 0.3) is 0 Å². The lowest BCUT2D eigenvalue weighted by Gasteiger charge is -2.20. The zero-order valence-corrected chi connectivity index (χ0v) is 12.1. The monoisotopic (exact) mass is 274 g/mol. The Kier molecular flexibility index (Phi) is 3.42. The van der Waals surface area contributed by atoms with Crippen LogP contribution in [0.25, 0.3) is 0 Å². The molecule has 1 aromatic rings. The number of aromatic carboxylic acids is 1. The third kappa shape index (κ3) is 2.66. The van der Waals surface area contributed by atoms with E-state index in [9.17, 15) is 4.79 Å². The average molecular weight is 274 g/mol. The number of benzene rings is 1. The van der Waals surface area contributed by atoms with E-state index in [0.29, 0.717) is 17.6 Å². The van der Waals surface area contributed by atoms with Crippen molar-refractivity contribution in [2.45, 2.75) is 51.2 Å². The van der Waals surface area contributed by atoms with Crippen molar-refractivity contribution in [3.63, 3.8) is 0 Å². The second-order valence-electron chi connectivity index (χ2n) is 6.19. The van der Waals surface area contributed by atoms with Gasteiger partial charge in [-0.3, -0.25) is 4.90 Å². The van der Waals surface area contributed by atoms with Gasteiger partial charge in [-0.15, -0.1) is 0 Å². The molecule has 1 saturated carbocycles. The zero-order chi connectivity index (χ0) is 14.3. The lowest BCUT2D eigenvalue weighted by Crippen LogP contribution is -2.31. The number of hydrogen-bond donors (Lipinski definition) is 2. The number of likely N-dealkylation sites (tertiary alicyclic amines) is 1. The summed E-state index contributed by atoms with van der Waals surface area (Å²) in [7, 11) is 0. The topological polar surface area (TPSA) is 52.6 Å². The summed E-state index contributed by atoms with van der Waals surface area (Å²) in [5.74, 6) is -0.868. The quantitative estimate of drug-likeness (QED) is 0.886. The predicted molar refractivity (Wildman–Crippen MR) is 79.4 cm³/mol. The molecule has 0 bridgehead atoms. The van der Waals surface area contributed by atoms with Gasteiger partial charge in [0.15, 0.2) is 0 Å². The van der Waals surface area contributed by atoms with Gasteiger partial charge in [-0.1, -0.05) is 6.07 Å². The molecule has 0 amide bonds. The molecule has 3 rings (SSSR count). The summed E-state index contributed by atoms with van der Waals surface area (Å²) in [6, 6.07) is 7.14. The van der Waals surface area contributed by atoms with Crippen LogP contribution in [-0.4, -0.2) is 40.6 Å². The minimum atomic E-state index is -0.868. The number of carboxylic acids is 1. The van der Waals surface area contributed by atoms with Crippen molar-refractivity contribution >= 4 is 11.7 Å². The molecule has 0 aromatic heterocycles. The van der Waals surface area contributed by atoms with Gasteiger partial charge < -0.3 is 10.4 Å². The molecule has 2 N–H and O–H groups in total. The number of rotatable bonds is 4. The number of aryl methyl sites for hydroxylation is 1. The Labute approximate surface area is 119 Å². The minimum Gasteiger partial charge on any atom is -0.478 e. The van der Waals surface area contributed by atoms with Gasteiger partial charge in [0.1, 0.15) is 0 Å². The van der Waals surface area contributed by atoms with Gasteiger partial charge in [0.2, 0.25) is 0 Å². The van der Waals surface area contributed by atoms with E-state index in [1.54, 1.807) is 12.1 Å².